The first kappa shape index (κ1) is 15.7. The minimum absolute atomic E-state index is 0.0742. The van der Waals surface area contributed by atoms with Gasteiger partial charge in [0.1, 0.15) is 5.76 Å². The highest BCUT2D eigenvalue weighted by molar-refractivity contribution is 5.94. The van der Waals surface area contributed by atoms with Crippen LogP contribution in [0.2, 0.25) is 0 Å². The number of aromatic amines is 1. The zero-order valence-electron chi connectivity index (χ0n) is 13.9. The molecule has 2 atom stereocenters. The van der Waals surface area contributed by atoms with E-state index in [0.29, 0.717) is 18.7 Å². The summed E-state index contributed by atoms with van der Waals surface area (Å²) < 4.78 is 11.0. The Labute approximate surface area is 134 Å². The highest BCUT2D eigenvalue weighted by Gasteiger charge is 2.29. The summed E-state index contributed by atoms with van der Waals surface area (Å²) in [6, 6.07) is 0. The van der Waals surface area contributed by atoms with E-state index in [4.69, 9.17) is 9.26 Å². The lowest BCUT2D eigenvalue weighted by atomic mass is 9.99. The molecule has 1 amide bonds. The Morgan fingerprint density at radius 2 is 2.22 bits per heavy atom. The van der Waals surface area contributed by atoms with Crippen LogP contribution < -0.4 is 5.32 Å². The maximum atomic E-state index is 12.5. The van der Waals surface area contributed by atoms with Crippen molar-refractivity contribution < 1.29 is 14.1 Å². The van der Waals surface area contributed by atoms with Crippen LogP contribution in [0.25, 0.3) is 0 Å². The molecule has 2 aromatic rings. The predicted octanol–water partition coefficient (Wildman–Crippen LogP) is 2.22. The zero-order chi connectivity index (χ0) is 16.6. The molecule has 3 heterocycles. The number of amides is 1. The van der Waals surface area contributed by atoms with Crippen LogP contribution in [0.4, 0.5) is 0 Å². The predicted molar refractivity (Wildman–Crippen MR) is 83.0 cm³/mol. The molecule has 0 aromatic carbocycles. The molecule has 1 aliphatic heterocycles. The van der Waals surface area contributed by atoms with Gasteiger partial charge >= 0.3 is 0 Å². The maximum Gasteiger partial charge on any atom is 0.272 e. The van der Waals surface area contributed by atoms with Gasteiger partial charge in [-0.25, -0.2) is 0 Å². The highest BCUT2D eigenvalue weighted by Crippen LogP contribution is 2.30. The lowest BCUT2D eigenvalue weighted by Crippen LogP contribution is -2.27. The van der Waals surface area contributed by atoms with Gasteiger partial charge in [-0.3, -0.25) is 9.89 Å². The molecular weight excluding hydrogens is 296 g/mol. The molecular formula is C16H22N4O3. The Morgan fingerprint density at radius 1 is 1.43 bits per heavy atom. The van der Waals surface area contributed by atoms with E-state index in [1.807, 2.05) is 27.7 Å². The van der Waals surface area contributed by atoms with Crippen molar-refractivity contribution in [3.63, 3.8) is 0 Å². The van der Waals surface area contributed by atoms with Crippen LogP contribution in [-0.4, -0.2) is 27.4 Å². The Bertz CT molecular complexity index is 719. The summed E-state index contributed by atoms with van der Waals surface area (Å²) in [5.74, 6) is 0.619. The number of hydrogen-bond acceptors (Lipinski definition) is 5. The molecule has 1 aliphatic rings. The van der Waals surface area contributed by atoms with Crippen molar-refractivity contribution in [1.82, 2.24) is 20.7 Å². The first-order valence-electron chi connectivity index (χ1n) is 7.96. The number of carbonyl (C=O) groups is 1. The Kier molecular flexibility index (Phi) is 4.21. The minimum Gasteiger partial charge on any atom is -0.369 e. The maximum absolute atomic E-state index is 12.5. The van der Waals surface area contributed by atoms with Crippen molar-refractivity contribution in [2.75, 3.05) is 0 Å². The molecule has 23 heavy (non-hydrogen) atoms. The van der Waals surface area contributed by atoms with Crippen molar-refractivity contribution in [3.05, 3.63) is 34.0 Å². The lowest BCUT2D eigenvalue weighted by molar-refractivity contribution is -0.00697. The summed E-state index contributed by atoms with van der Waals surface area (Å²) in [6.45, 7) is 8.23. The summed E-state index contributed by atoms with van der Waals surface area (Å²) in [6.07, 6.45) is 1.44. The van der Waals surface area contributed by atoms with Gasteiger partial charge < -0.3 is 14.6 Å². The smallest absolute Gasteiger partial charge is 0.272 e. The second-order valence-electron chi connectivity index (χ2n) is 5.96. The fourth-order valence-corrected chi connectivity index (χ4v) is 3.05. The van der Waals surface area contributed by atoms with Gasteiger partial charge in [-0.2, -0.15) is 5.10 Å². The first-order chi connectivity index (χ1) is 11.0. The average Bonchev–Trinajstić information content (AvgIpc) is 3.08. The molecule has 0 bridgehead atoms. The van der Waals surface area contributed by atoms with E-state index in [0.717, 1.165) is 34.7 Å². The van der Waals surface area contributed by atoms with Crippen LogP contribution in [0.5, 0.6) is 0 Å². The number of H-pyrrole nitrogens is 1. The van der Waals surface area contributed by atoms with E-state index < -0.39 is 0 Å². The van der Waals surface area contributed by atoms with Gasteiger partial charge in [0, 0.05) is 30.5 Å². The summed E-state index contributed by atoms with van der Waals surface area (Å²) in [4.78, 5) is 12.5. The van der Waals surface area contributed by atoms with Gasteiger partial charge in [-0.05, 0) is 20.8 Å². The summed E-state index contributed by atoms with van der Waals surface area (Å²) in [5.41, 5.74) is 4.04. The van der Waals surface area contributed by atoms with E-state index in [1.54, 1.807) is 0 Å². The van der Waals surface area contributed by atoms with E-state index >= 15 is 0 Å². The molecule has 0 radical (unpaired) electrons. The molecule has 7 nitrogen and oxygen atoms in total. The third-order valence-corrected chi connectivity index (χ3v) is 4.26. The van der Waals surface area contributed by atoms with Gasteiger partial charge in [-0.15, -0.1) is 0 Å². The summed E-state index contributed by atoms with van der Waals surface area (Å²) in [7, 11) is 0. The monoisotopic (exact) mass is 318 g/mol. The van der Waals surface area contributed by atoms with Gasteiger partial charge in [0.05, 0.1) is 23.6 Å². The van der Waals surface area contributed by atoms with E-state index in [9.17, 15) is 4.79 Å². The number of nitrogens with zero attached hydrogens (tertiary/aromatic N) is 2. The van der Waals surface area contributed by atoms with Gasteiger partial charge in [-0.1, -0.05) is 12.1 Å². The van der Waals surface area contributed by atoms with Gasteiger partial charge in [0.25, 0.3) is 5.91 Å². The van der Waals surface area contributed by atoms with Crippen molar-refractivity contribution in [1.29, 1.82) is 0 Å². The normalized spacial score (nSPS) is 20.3. The quantitative estimate of drug-likeness (QED) is 0.901. The molecule has 0 saturated carbocycles. The van der Waals surface area contributed by atoms with Crippen molar-refractivity contribution >= 4 is 5.91 Å². The topological polar surface area (TPSA) is 93.0 Å². The second-order valence-corrected chi connectivity index (χ2v) is 5.96. The summed E-state index contributed by atoms with van der Waals surface area (Å²) >= 11 is 0. The van der Waals surface area contributed by atoms with Crippen LogP contribution in [-0.2, 0) is 24.1 Å². The van der Waals surface area contributed by atoms with E-state index in [1.165, 1.54) is 0 Å². The lowest BCUT2D eigenvalue weighted by Gasteiger charge is -2.25. The average molecular weight is 318 g/mol. The molecule has 0 fully saturated rings. The number of nitrogens with one attached hydrogen (secondary N) is 2. The Balaban J connectivity index is 1.76. The largest absolute Gasteiger partial charge is 0.369 e. The number of ether oxygens (including phenoxy) is 1. The highest BCUT2D eigenvalue weighted by atomic mass is 16.5. The SMILES string of the molecule is CCc1onc(C)c1CNC(=O)c1n[nH]c2c1C[C@H](C)O[C@@H]2C. The molecule has 0 spiro atoms. The number of hydrogen-bond donors (Lipinski definition) is 2. The molecule has 2 aromatic heterocycles. The van der Waals surface area contributed by atoms with E-state index in [2.05, 4.69) is 20.7 Å². The molecule has 7 heteroatoms. The standard InChI is InChI=1S/C16H22N4O3/c1-5-13-12(9(3)20-23-13)7-17-16(21)15-11-6-8(2)22-10(4)14(11)18-19-15/h8,10H,5-7H2,1-4H3,(H,17,21)(H,18,19)/t8-,10+/m0/s1. The Morgan fingerprint density at radius 3 is 2.96 bits per heavy atom. The van der Waals surface area contributed by atoms with Crippen molar-refractivity contribution in [2.45, 2.75) is 59.3 Å². The first-order valence-corrected chi connectivity index (χ1v) is 7.96. The van der Waals surface area contributed by atoms with Crippen molar-refractivity contribution in [2.24, 2.45) is 0 Å². The summed E-state index contributed by atoms with van der Waals surface area (Å²) in [5, 5.41) is 14.0. The minimum atomic E-state index is -0.188. The molecule has 0 saturated heterocycles. The van der Waals surface area contributed by atoms with Crippen LogP contribution in [0, 0.1) is 6.92 Å². The van der Waals surface area contributed by atoms with Gasteiger partial charge in [0.15, 0.2) is 5.69 Å². The third-order valence-electron chi connectivity index (χ3n) is 4.26. The molecule has 2 N–H and O–H groups in total. The number of aromatic nitrogens is 3. The van der Waals surface area contributed by atoms with Crippen LogP contribution in [0.1, 0.15) is 65.6 Å². The van der Waals surface area contributed by atoms with Crippen LogP contribution in [0.3, 0.4) is 0 Å². The molecule has 3 rings (SSSR count). The third kappa shape index (κ3) is 2.88. The zero-order valence-corrected chi connectivity index (χ0v) is 13.9. The fraction of sp³-hybridized carbons (Fsp3) is 0.562. The number of carbonyl (C=O) groups excluding carboxylic acids is 1. The second kappa shape index (κ2) is 6.16. The number of rotatable bonds is 4. The molecule has 0 unspecified atom stereocenters. The van der Waals surface area contributed by atoms with Crippen molar-refractivity contribution in [3.8, 4) is 0 Å². The number of aryl methyl sites for hydroxylation is 2. The van der Waals surface area contributed by atoms with E-state index in [-0.39, 0.29) is 18.1 Å². The van der Waals surface area contributed by atoms with Gasteiger partial charge in [0.2, 0.25) is 0 Å². The molecule has 124 valence electrons. The Hall–Kier alpha value is -2.15. The van der Waals surface area contributed by atoms with Crippen LogP contribution >= 0.6 is 0 Å². The number of fused-ring (bicyclic) bond motifs is 1. The fourth-order valence-electron chi connectivity index (χ4n) is 3.05. The van der Waals surface area contributed by atoms with Crippen LogP contribution in [0.15, 0.2) is 4.52 Å². The molecule has 0 aliphatic carbocycles.